The number of hydrogen-bond acceptors (Lipinski definition) is 4. The first kappa shape index (κ1) is 16.7. The van der Waals surface area contributed by atoms with Gasteiger partial charge in [-0.2, -0.15) is 5.10 Å². The Hall–Kier alpha value is -0.620. The topological polar surface area (TPSA) is 42.3 Å². The molecule has 0 aliphatic carbocycles. The molecule has 0 amide bonds. The maximum Gasteiger partial charge on any atom is 0.0847 e. The minimum absolute atomic E-state index is 0.0278. The minimum atomic E-state index is 0.0278. The van der Waals surface area contributed by atoms with E-state index in [1.54, 1.807) is 0 Å². The highest BCUT2D eigenvalue weighted by Gasteiger charge is 2.36. The van der Waals surface area contributed by atoms with Crippen molar-refractivity contribution in [2.45, 2.75) is 38.8 Å². The van der Waals surface area contributed by atoms with Gasteiger partial charge in [0, 0.05) is 38.1 Å². The first-order chi connectivity index (χ1) is 9.87. The lowest BCUT2D eigenvalue weighted by atomic mass is 9.88. The van der Waals surface area contributed by atoms with Crippen molar-refractivity contribution in [1.82, 2.24) is 20.0 Å². The van der Waals surface area contributed by atoms with Crippen molar-refractivity contribution in [2.24, 2.45) is 7.05 Å². The van der Waals surface area contributed by atoms with Crippen LogP contribution < -0.4 is 5.32 Å². The summed E-state index contributed by atoms with van der Waals surface area (Å²) in [5, 5.41) is 8.67. The molecule has 1 atom stereocenters. The van der Waals surface area contributed by atoms with E-state index in [4.69, 9.17) is 16.3 Å². The Balaban J connectivity index is 2.18. The van der Waals surface area contributed by atoms with Crippen molar-refractivity contribution in [3.8, 4) is 0 Å². The largest absolute Gasteiger partial charge is 0.379 e. The second-order valence-electron chi connectivity index (χ2n) is 6.27. The quantitative estimate of drug-likeness (QED) is 0.897. The van der Waals surface area contributed by atoms with Crippen LogP contribution in [0.3, 0.4) is 0 Å². The van der Waals surface area contributed by atoms with Gasteiger partial charge in [0.1, 0.15) is 0 Å². The Morgan fingerprint density at radius 1 is 1.38 bits per heavy atom. The maximum absolute atomic E-state index is 6.41. The molecule has 0 aromatic carbocycles. The first-order valence-electron chi connectivity index (χ1n) is 7.56. The molecule has 6 heteroatoms. The zero-order chi connectivity index (χ0) is 15.6. The predicted molar refractivity (Wildman–Crippen MR) is 86.0 cm³/mol. The van der Waals surface area contributed by atoms with Crippen LogP contribution >= 0.6 is 11.6 Å². The number of nitrogens with zero attached hydrogens (tertiary/aromatic N) is 3. The second kappa shape index (κ2) is 6.65. The zero-order valence-electron chi connectivity index (χ0n) is 13.7. The van der Waals surface area contributed by atoms with Crippen LogP contribution in [0.25, 0.3) is 0 Å². The van der Waals surface area contributed by atoms with Gasteiger partial charge >= 0.3 is 0 Å². The SMILES string of the molecule is CNC(Cc1c(Cl)c(C)nn1C)C(C)(C)N1CCOCC1. The molecule has 1 unspecified atom stereocenters. The lowest BCUT2D eigenvalue weighted by molar-refractivity contribution is -0.0225. The summed E-state index contributed by atoms with van der Waals surface area (Å²) in [4.78, 5) is 2.49. The molecule has 1 aromatic heterocycles. The number of hydrogen-bond donors (Lipinski definition) is 1. The van der Waals surface area contributed by atoms with Crippen LogP contribution in [0.4, 0.5) is 0 Å². The number of morpholine rings is 1. The lowest BCUT2D eigenvalue weighted by Crippen LogP contribution is -2.60. The highest BCUT2D eigenvalue weighted by atomic mass is 35.5. The Labute approximate surface area is 132 Å². The molecule has 2 rings (SSSR count). The molecule has 1 aromatic rings. The van der Waals surface area contributed by atoms with Crippen molar-refractivity contribution in [2.75, 3.05) is 33.4 Å². The van der Waals surface area contributed by atoms with Gasteiger partial charge in [-0.05, 0) is 27.8 Å². The third-order valence-corrected chi connectivity index (χ3v) is 5.18. The number of rotatable bonds is 5. The van der Waals surface area contributed by atoms with Crippen molar-refractivity contribution in [3.63, 3.8) is 0 Å². The highest BCUT2D eigenvalue weighted by molar-refractivity contribution is 6.31. The van der Waals surface area contributed by atoms with Crippen LogP contribution in [-0.2, 0) is 18.2 Å². The summed E-state index contributed by atoms with van der Waals surface area (Å²) in [6.45, 7) is 10.1. The van der Waals surface area contributed by atoms with Crippen molar-refractivity contribution in [3.05, 3.63) is 16.4 Å². The van der Waals surface area contributed by atoms with Crippen LogP contribution in [0.5, 0.6) is 0 Å². The molecule has 1 fully saturated rings. The summed E-state index contributed by atoms with van der Waals surface area (Å²) < 4.78 is 7.37. The molecule has 0 bridgehead atoms. The third-order valence-electron chi connectivity index (χ3n) is 4.69. The molecule has 5 nitrogen and oxygen atoms in total. The maximum atomic E-state index is 6.41. The first-order valence-corrected chi connectivity index (χ1v) is 7.93. The molecular formula is C15H27ClN4O. The van der Waals surface area contributed by atoms with Gasteiger partial charge in [0.15, 0.2) is 0 Å². The van der Waals surface area contributed by atoms with E-state index < -0.39 is 0 Å². The molecule has 21 heavy (non-hydrogen) atoms. The molecule has 1 aliphatic heterocycles. The molecule has 0 spiro atoms. The molecule has 0 saturated carbocycles. The van der Waals surface area contributed by atoms with Gasteiger partial charge in [0.25, 0.3) is 0 Å². The smallest absolute Gasteiger partial charge is 0.0847 e. The third kappa shape index (κ3) is 3.42. The van der Waals surface area contributed by atoms with Crippen LogP contribution in [0.1, 0.15) is 25.2 Å². The predicted octanol–water partition coefficient (Wildman–Crippen LogP) is 1.62. The summed E-state index contributed by atoms with van der Waals surface area (Å²) >= 11 is 6.41. The monoisotopic (exact) mass is 314 g/mol. The highest BCUT2D eigenvalue weighted by Crippen LogP contribution is 2.27. The van der Waals surface area contributed by atoms with E-state index in [2.05, 4.69) is 29.2 Å². The van der Waals surface area contributed by atoms with Crippen molar-refractivity contribution in [1.29, 1.82) is 0 Å². The minimum Gasteiger partial charge on any atom is -0.379 e. The van der Waals surface area contributed by atoms with Gasteiger partial charge in [-0.1, -0.05) is 11.6 Å². The van der Waals surface area contributed by atoms with E-state index in [1.807, 2.05) is 25.7 Å². The van der Waals surface area contributed by atoms with Crippen LogP contribution in [0, 0.1) is 6.92 Å². The normalized spacial score (nSPS) is 19.0. The van der Waals surface area contributed by atoms with Gasteiger partial charge in [0.2, 0.25) is 0 Å². The Morgan fingerprint density at radius 2 is 2.00 bits per heavy atom. The average molecular weight is 315 g/mol. The number of likely N-dealkylation sites (N-methyl/N-ethyl adjacent to an activating group) is 1. The molecular weight excluding hydrogens is 288 g/mol. The lowest BCUT2D eigenvalue weighted by Gasteiger charge is -2.45. The molecule has 1 aliphatic rings. The van der Waals surface area contributed by atoms with Gasteiger partial charge in [-0.3, -0.25) is 9.58 Å². The Morgan fingerprint density at radius 3 is 2.48 bits per heavy atom. The summed E-state index contributed by atoms with van der Waals surface area (Å²) in [5.74, 6) is 0. The van der Waals surface area contributed by atoms with Crippen LogP contribution in [0.15, 0.2) is 0 Å². The zero-order valence-corrected chi connectivity index (χ0v) is 14.5. The van der Waals surface area contributed by atoms with Gasteiger partial charge in [0.05, 0.1) is 29.6 Å². The average Bonchev–Trinajstić information content (AvgIpc) is 2.71. The van der Waals surface area contributed by atoms with E-state index in [0.717, 1.165) is 49.1 Å². The van der Waals surface area contributed by atoms with Crippen molar-refractivity contribution < 1.29 is 4.74 Å². The van der Waals surface area contributed by atoms with Crippen LogP contribution in [-0.4, -0.2) is 59.6 Å². The number of nitrogens with one attached hydrogen (secondary N) is 1. The van der Waals surface area contributed by atoms with E-state index >= 15 is 0 Å². The van der Waals surface area contributed by atoms with E-state index in [0.29, 0.717) is 6.04 Å². The summed E-state index contributed by atoms with van der Waals surface area (Å²) in [5.41, 5.74) is 2.02. The fourth-order valence-corrected chi connectivity index (χ4v) is 3.40. The molecule has 1 saturated heterocycles. The number of ether oxygens (including phenoxy) is 1. The number of aromatic nitrogens is 2. The standard InChI is InChI=1S/C15H27ClN4O/c1-11-14(16)12(19(5)18-11)10-13(17-4)15(2,3)20-6-8-21-9-7-20/h13,17H,6-10H2,1-5H3. The molecule has 1 N–H and O–H groups in total. The van der Waals surface area contributed by atoms with Gasteiger partial charge in [-0.15, -0.1) is 0 Å². The summed E-state index contributed by atoms with van der Waals surface area (Å²) in [6, 6.07) is 0.294. The van der Waals surface area contributed by atoms with Crippen molar-refractivity contribution >= 4 is 11.6 Å². The van der Waals surface area contributed by atoms with Crippen LogP contribution in [0.2, 0.25) is 5.02 Å². The Kier molecular flexibility index (Phi) is 5.30. The van der Waals surface area contributed by atoms with E-state index in [9.17, 15) is 0 Å². The fraction of sp³-hybridized carbons (Fsp3) is 0.800. The van der Waals surface area contributed by atoms with E-state index in [1.165, 1.54) is 0 Å². The number of halogens is 1. The Bertz CT molecular complexity index is 480. The number of aryl methyl sites for hydroxylation is 2. The van der Waals surface area contributed by atoms with Gasteiger partial charge in [-0.25, -0.2) is 0 Å². The fourth-order valence-electron chi connectivity index (χ4n) is 3.16. The second-order valence-corrected chi connectivity index (χ2v) is 6.65. The summed E-state index contributed by atoms with van der Waals surface area (Å²) in [7, 11) is 3.98. The molecule has 2 heterocycles. The van der Waals surface area contributed by atoms with E-state index in [-0.39, 0.29) is 5.54 Å². The summed E-state index contributed by atoms with van der Waals surface area (Å²) in [6.07, 6.45) is 0.858. The molecule has 120 valence electrons. The van der Waals surface area contributed by atoms with Gasteiger partial charge < -0.3 is 10.1 Å². The molecule has 0 radical (unpaired) electrons.